The van der Waals surface area contributed by atoms with E-state index in [1.54, 1.807) is 12.1 Å². The van der Waals surface area contributed by atoms with E-state index < -0.39 is 0 Å². The molecule has 1 saturated heterocycles. The van der Waals surface area contributed by atoms with E-state index in [4.69, 9.17) is 16.3 Å². The normalized spacial score (nSPS) is 23.7. The Morgan fingerprint density at radius 2 is 2.33 bits per heavy atom. The SMILES string of the molecule is CC1CC(NC(=O)c2cccc(Br)c2Cl)CCO1. The van der Waals surface area contributed by atoms with Gasteiger partial charge >= 0.3 is 0 Å². The Morgan fingerprint density at radius 3 is 3.06 bits per heavy atom. The Bertz CT molecular complexity index is 453. The number of benzene rings is 1. The van der Waals surface area contributed by atoms with Gasteiger partial charge in [0.1, 0.15) is 0 Å². The first-order valence-corrected chi connectivity index (χ1v) is 7.11. The average molecular weight is 333 g/mol. The molecular formula is C13H15BrClNO2. The van der Waals surface area contributed by atoms with E-state index in [2.05, 4.69) is 21.2 Å². The fourth-order valence-electron chi connectivity index (χ4n) is 2.07. The van der Waals surface area contributed by atoms with Crippen LogP contribution in [0.2, 0.25) is 5.02 Å². The van der Waals surface area contributed by atoms with Crippen molar-refractivity contribution in [2.24, 2.45) is 0 Å². The van der Waals surface area contributed by atoms with Gasteiger partial charge in [0.15, 0.2) is 0 Å². The molecule has 5 heteroatoms. The summed E-state index contributed by atoms with van der Waals surface area (Å²) in [5.41, 5.74) is 0.505. The fraction of sp³-hybridized carbons (Fsp3) is 0.462. The lowest BCUT2D eigenvalue weighted by Crippen LogP contribution is -2.41. The number of ether oxygens (including phenoxy) is 1. The number of hydrogen-bond acceptors (Lipinski definition) is 2. The van der Waals surface area contributed by atoms with Crippen molar-refractivity contribution in [3.63, 3.8) is 0 Å². The molecule has 1 aromatic rings. The summed E-state index contributed by atoms with van der Waals surface area (Å²) in [5, 5.41) is 3.46. The molecule has 1 amide bonds. The maximum Gasteiger partial charge on any atom is 0.253 e. The van der Waals surface area contributed by atoms with E-state index in [-0.39, 0.29) is 18.1 Å². The molecule has 1 aliphatic heterocycles. The lowest BCUT2D eigenvalue weighted by atomic mass is 10.0. The first-order chi connectivity index (χ1) is 8.58. The smallest absolute Gasteiger partial charge is 0.253 e. The number of hydrogen-bond donors (Lipinski definition) is 1. The minimum Gasteiger partial charge on any atom is -0.378 e. The number of nitrogens with one attached hydrogen (secondary N) is 1. The van der Waals surface area contributed by atoms with Gasteiger partial charge in [-0.2, -0.15) is 0 Å². The predicted octanol–water partition coefficient (Wildman–Crippen LogP) is 3.40. The molecule has 0 radical (unpaired) electrons. The Morgan fingerprint density at radius 1 is 1.56 bits per heavy atom. The third kappa shape index (κ3) is 3.25. The maximum atomic E-state index is 12.1. The second kappa shape index (κ2) is 6.04. The van der Waals surface area contributed by atoms with E-state index in [0.29, 0.717) is 17.2 Å². The number of halogens is 2. The molecular weight excluding hydrogens is 318 g/mol. The number of carbonyl (C=O) groups is 1. The van der Waals surface area contributed by atoms with Crippen LogP contribution in [0, 0.1) is 0 Å². The molecule has 2 atom stereocenters. The van der Waals surface area contributed by atoms with E-state index in [1.165, 1.54) is 0 Å². The van der Waals surface area contributed by atoms with E-state index >= 15 is 0 Å². The summed E-state index contributed by atoms with van der Waals surface area (Å²) in [4.78, 5) is 12.1. The highest BCUT2D eigenvalue weighted by Gasteiger charge is 2.22. The summed E-state index contributed by atoms with van der Waals surface area (Å²) in [6, 6.07) is 5.51. The van der Waals surface area contributed by atoms with Crippen molar-refractivity contribution < 1.29 is 9.53 Å². The molecule has 0 bridgehead atoms. The van der Waals surface area contributed by atoms with Crippen molar-refractivity contribution in [1.82, 2.24) is 5.32 Å². The van der Waals surface area contributed by atoms with Gasteiger partial charge in [-0.15, -0.1) is 0 Å². The van der Waals surface area contributed by atoms with Crippen LogP contribution in [0.5, 0.6) is 0 Å². The molecule has 1 N–H and O–H groups in total. The number of amides is 1. The predicted molar refractivity (Wildman–Crippen MR) is 75.1 cm³/mol. The van der Waals surface area contributed by atoms with E-state index in [0.717, 1.165) is 17.3 Å². The standard InChI is InChI=1S/C13H15BrClNO2/c1-8-7-9(5-6-18-8)16-13(17)10-3-2-4-11(14)12(10)15/h2-4,8-9H,5-7H2,1H3,(H,16,17). The van der Waals surface area contributed by atoms with Crippen molar-refractivity contribution in [3.05, 3.63) is 33.3 Å². The van der Waals surface area contributed by atoms with Gasteiger partial charge in [-0.1, -0.05) is 17.7 Å². The highest BCUT2D eigenvalue weighted by atomic mass is 79.9. The third-order valence-electron chi connectivity index (χ3n) is 3.02. The van der Waals surface area contributed by atoms with Gasteiger partial charge < -0.3 is 10.1 Å². The first kappa shape index (κ1) is 13.8. The molecule has 1 aliphatic rings. The van der Waals surface area contributed by atoms with Gasteiger partial charge in [-0.25, -0.2) is 0 Å². The molecule has 0 spiro atoms. The highest BCUT2D eigenvalue weighted by Crippen LogP contribution is 2.26. The summed E-state index contributed by atoms with van der Waals surface area (Å²) in [6.45, 7) is 2.71. The van der Waals surface area contributed by atoms with Crippen molar-refractivity contribution in [1.29, 1.82) is 0 Å². The largest absolute Gasteiger partial charge is 0.378 e. The Labute approximate surface area is 120 Å². The first-order valence-electron chi connectivity index (χ1n) is 5.94. The molecule has 1 fully saturated rings. The summed E-state index contributed by atoms with van der Waals surface area (Å²) in [5.74, 6) is -0.125. The quantitative estimate of drug-likeness (QED) is 0.901. The van der Waals surface area contributed by atoms with Gasteiger partial charge in [-0.05, 0) is 47.8 Å². The number of carbonyl (C=O) groups excluding carboxylic acids is 1. The van der Waals surface area contributed by atoms with Crippen LogP contribution in [-0.2, 0) is 4.74 Å². The molecule has 1 heterocycles. The second-order valence-corrected chi connectivity index (χ2v) is 5.71. The van der Waals surface area contributed by atoms with Crippen LogP contribution in [0.1, 0.15) is 30.1 Å². The topological polar surface area (TPSA) is 38.3 Å². The van der Waals surface area contributed by atoms with Crippen molar-refractivity contribution in [3.8, 4) is 0 Å². The van der Waals surface area contributed by atoms with Crippen LogP contribution in [0.4, 0.5) is 0 Å². The van der Waals surface area contributed by atoms with Crippen LogP contribution >= 0.6 is 27.5 Å². The van der Waals surface area contributed by atoms with Gasteiger partial charge in [0.2, 0.25) is 0 Å². The van der Waals surface area contributed by atoms with Gasteiger partial charge in [-0.3, -0.25) is 4.79 Å². The zero-order valence-electron chi connectivity index (χ0n) is 10.1. The summed E-state index contributed by atoms with van der Waals surface area (Å²) in [7, 11) is 0. The van der Waals surface area contributed by atoms with Crippen LogP contribution < -0.4 is 5.32 Å². The van der Waals surface area contributed by atoms with E-state index in [9.17, 15) is 4.79 Å². The minimum absolute atomic E-state index is 0.125. The van der Waals surface area contributed by atoms with Gasteiger partial charge in [0.25, 0.3) is 5.91 Å². The van der Waals surface area contributed by atoms with Crippen molar-refractivity contribution in [2.45, 2.75) is 31.9 Å². The molecule has 0 saturated carbocycles. The molecule has 1 aromatic carbocycles. The monoisotopic (exact) mass is 331 g/mol. The van der Waals surface area contributed by atoms with Crippen molar-refractivity contribution >= 4 is 33.4 Å². The summed E-state index contributed by atoms with van der Waals surface area (Å²) < 4.78 is 6.19. The minimum atomic E-state index is -0.125. The summed E-state index contributed by atoms with van der Waals surface area (Å²) in [6.07, 6.45) is 1.89. The Kier molecular flexibility index (Phi) is 4.65. The fourth-order valence-corrected chi connectivity index (χ4v) is 2.65. The molecule has 2 unspecified atom stereocenters. The second-order valence-electron chi connectivity index (χ2n) is 4.48. The molecule has 0 aromatic heterocycles. The average Bonchev–Trinajstić information content (AvgIpc) is 2.32. The van der Waals surface area contributed by atoms with E-state index in [1.807, 2.05) is 13.0 Å². The number of rotatable bonds is 2. The van der Waals surface area contributed by atoms with Crippen LogP contribution in [0.3, 0.4) is 0 Å². The molecule has 0 aliphatic carbocycles. The van der Waals surface area contributed by atoms with Crippen molar-refractivity contribution in [2.75, 3.05) is 6.61 Å². The third-order valence-corrected chi connectivity index (χ3v) is 4.31. The molecule has 3 nitrogen and oxygen atoms in total. The van der Waals surface area contributed by atoms with Crippen LogP contribution in [0.15, 0.2) is 22.7 Å². The molecule has 18 heavy (non-hydrogen) atoms. The zero-order valence-corrected chi connectivity index (χ0v) is 12.4. The lowest BCUT2D eigenvalue weighted by molar-refractivity contribution is 0.0136. The van der Waals surface area contributed by atoms with Gasteiger partial charge in [0.05, 0.1) is 16.7 Å². The van der Waals surface area contributed by atoms with Crippen LogP contribution in [0.25, 0.3) is 0 Å². The Hall–Kier alpha value is -0.580. The Balaban J connectivity index is 2.05. The molecule has 98 valence electrons. The summed E-state index contributed by atoms with van der Waals surface area (Å²) >= 11 is 9.42. The lowest BCUT2D eigenvalue weighted by Gasteiger charge is -2.28. The van der Waals surface area contributed by atoms with Crippen LogP contribution in [-0.4, -0.2) is 24.7 Å². The van der Waals surface area contributed by atoms with Gasteiger partial charge in [0, 0.05) is 17.1 Å². The maximum absolute atomic E-state index is 12.1. The molecule has 2 rings (SSSR count). The zero-order chi connectivity index (χ0) is 13.1. The highest BCUT2D eigenvalue weighted by molar-refractivity contribution is 9.10.